The molecular weight excluding hydrogens is 334 g/mol. The number of amides is 1. The number of hydrogen-bond donors (Lipinski definition) is 2. The van der Waals surface area contributed by atoms with E-state index < -0.39 is 11.2 Å². The molecule has 1 aromatic heterocycles. The maximum absolute atomic E-state index is 12.6. The number of aromatic amines is 2. The number of rotatable bonds is 5. The van der Waals surface area contributed by atoms with Crippen molar-refractivity contribution in [2.75, 3.05) is 13.2 Å². The van der Waals surface area contributed by atoms with Gasteiger partial charge in [0.15, 0.2) is 0 Å². The third kappa shape index (κ3) is 3.87. The second-order valence-electron chi connectivity index (χ2n) is 6.44. The van der Waals surface area contributed by atoms with Crippen molar-refractivity contribution in [3.8, 4) is 5.75 Å². The highest BCUT2D eigenvalue weighted by atomic mass is 16.5. The summed E-state index contributed by atoms with van der Waals surface area (Å²) in [6, 6.07) is 6.02. The number of carbonyl (C=O) groups is 1. The van der Waals surface area contributed by atoms with Gasteiger partial charge in [-0.1, -0.05) is 6.07 Å². The van der Waals surface area contributed by atoms with E-state index in [4.69, 9.17) is 4.74 Å². The van der Waals surface area contributed by atoms with Crippen molar-refractivity contribution >= 4 is 5.91 Å². The van der Waals surface area contributed by atoms with Crippen molar-refractivity contribution in [3.05, 3.63) is 61.4 Å². The predicted octanol–water partition coefficient (Wildman–Crippen LogP) is 1.29. The Kier molecular flexibility index (Phi) is 5.25. The van der Waals surface area contributed by atoms with Gasteiger partial charge in [-0.15, -0.1) is 0 Å². The van der Waals surface area contributed by atoms with E-state index in [1.165, 1.54) is 5.56 Å². The van der Waals surface area contributed by atoms with Crippen LogP contribution in [-0.2, 0) is 24.2 Å². The van der Waals surface area contributed by atoms with Gasteiger partial charge in [0, 0.05) is 30.8 Å². The number of ether oxygens (including phenoxy) is 1. The second-order valence-corrected chi connectivity index (χ2v) is 6.44. The summed E-state index contributed by atoms with van der Waals surface area (Å²) in [5.74, 6) is 0.818. The molecule has 0 aliphatic carbocycles. The summed E-state index contributed by atoms with van der Waals surface area (Å²) < 4.78 is 5.54. The molecule has 0 spiro atoms. The Balaban J connectivity index is 1.67. The van der Waals surface area contributed by atoms with Gasteiger partial charge >= 0.3 is 5.69 Å². The number of fused-ring (bicyclic) bond motifs is 1. The average Bonchev–Trinajstić information content (AvgIpc) is 2.60. The van der Waals surface area contributed by atoms with Gasteiger partial charge in [-0.2, -0.15) is 0 Å². The van der Waals surface area contributed by atoms with E-state index in [1.54, 1.807) is 6.92 Å². The van der Waals surface area contributed by atoms with Gasteiger partial charge in [0.25, 0.3) is 5.56 Å². The standard InChI is InChI=1S/C19H23N3O4/c1-3-26-15-5-4-13-8-9-22(11-14(13)10-15)17(23)7-6-16-12(2)20-19(25)21-18(16)24/h4-5,10H,3,6-9,11H2,1-2H3,(H2,20,21,24,25). The van der Waals surface area contributed by atoms with Crippen molar-refractivity contribution in [3.63, 3.8) is 0 Å². The van der Waals surface area contributed by atoms with Crippen LogP contribution in [0, 0.1) is 6.92 Å². The Hall–Kier alpha value is -2.83. The van der Waals surface area contributed by atoms with Gasteiger partial charge in [0.2, 0.25) is 5.91 Å². The van der Waals surface area contributed by atoms with Crippen LogP contribution in [0.4, 0.5) is 0 Å². The molecule has 7 heteroatoms. The first kappa shape index (κ1) is 18.0. The molecule has 3 rings (SSSR count). The molecule has 1 amide bonds. The minimum absolute atomic E-state index is 0.00228. The summed E-state index contributed by atoms with van der Waals surface area (Å²) in [6.45, 7) is 5.43. The van der Waals surface area contributed by atoms with Crippen LogP contribution in [0.3, 0.4) is 0 Å². The van der Waals surface area contributed by atoms with Crippen LogP contribution in [0.15, 0.2) is 27.8 Å². The molecule has 0 atom stereocenters. The molecule has 2 heterocycles. The molecule has 0 saturated heterocycles. The lowest BCUT2D eigenvalue weighted by Gasteiger charge is -2.29. The Morgan fingerprint density at radius 1 is 1.23 bits per heavy atom. The fourth-order valence-corrected chi connectivity index (χ4v) is 3.32. The molecule has 2 aromatic rings. The van der Waals surface area contributed by atoms with Crippen LogP contribution >= 0.6 is 0 Å². The minimum Gasteiger partial charge on any atom is -0.494 e. The molecular formula is C19H23N3O4. The van der Waals surface area contributed by atoms with Gasteiger partial charge in [-0.3, -0.25) is 14.6 Å². The summed E-state index contributed by atoms with van der Waals surface area (Å²) in [7, 11) is 0. The number of carbonyl (C=O) groups excluding carboxylic acids is 1. The third-order valence-corrected chi connectivity index (χ3v) is 4.70. The van der Waals surface area contributed by atoms with Gasteiger partial charge in [-0.25, -0.2) is 4.79 Å². The third-order valence-electron chi connectivity index (χ3n) is 4.70. The summed E-state index contributed by atoms with van der Waals surface area (Å²) in [6.07, 6.45) is 1.35. The number of H-pyrrole nitrogens is 2. The van der Waals surface area contributed by atoms with Crippen LogP contribution in [0.2, 0.25) is 0 Å². The van der Waals surface area contributed by atoms with E-state index >= 15 is 0 Å². The molecule has 0 bridgehead atoms. The van der Waals surface area contributed by atoms with Gasteiger partial charge < -0.3 is 14.6 Å². The fraction of sp³-hybridized carbons (Fsp3) is 0.421. The van der Waals surface area contributed by atoms with Crippen LogP contribution in [-0.4, -0.2) is 33.9 Å². The van der Waals surface area contributed by atoms with Crippen LogP contribution < -0.4 is 16.0 Å². The summed E-state index contributed by atoms with van der Waals surface area (Å²) in [5.41, 5.74) is 2.36. The zero-order valence-corrected chi connectivity index (χ0v) is 15.1. The van der Waals surface area contributed by atoms with Crippen molar-refractivity contribution in [2.24, 2.45) is 0 Å². The maximum atomic E-state index is 12.6. The summed E-state index contributed by atoms with van der Waals surface area (Å²) in [5, 5.41) is 0. The fourth-order valence-electron chi connectivity index (χ4n) is 3.32. The Bertz CT molecular complexity index is 929. The zero-order valence-electron chi connectivity index (χ0n) is 15.1. The lowest BCUT2D eigenvalue weighted by atomic mass is 9.99. The lowest BCUT2D eigenvalue weighted by molar-refractivity contribution is -0.132. The average molecular weight is 357 g/mol. The predicted molar refractivity (Wildman–Crippen MR) is 97.5 cm³/mol. The maximum Gasteiger partial charge on any atom is 0.325 e. The molecule has 1 aliphatic rings. The number of hydrogen-bond acceptors (Lipinski definition) is 4. The lowest BCUT2D eigenvalue weighted by Crippen LogP contribution is -2.36. The minimum atomic E-state index is -0.527. The Morgan fingerprint density at radius 2 is 2.04 bits per heavy atom. The first-order valence-corrected chi connectivity index (χ1v) is 8.82. The summed E-state index contributed by atoms with van der Waals surface area (Å²) >= 11 is 0. The smallest absolute Gasteiger partial charge is 0.325 e. The van der Waals surface area contributed by atoms with Gasteiger partial charge in [0.05, 0.1) is 6.61 Å². The van der Waals surface area contributed by atoms with E-state index in [0.717, 1.165) is 17.7 Å². The van der Waals surface area contributed by atoms with E-state index in [0.29, 0.717) is 37.4 Å². The molecule has 0 fully saturated rings. The molecule has 0 saturated carbocycles. The Morgan fingerprint density at radius 3 is 2.77 bits per heavy atom. The number of nitrogens with one attached hydrogen (secondary N) is 2. The van der Waals surface area contributed by atoms with Crippen LogP contribution in [0.5, 0.6) is 5.75 Å². The van der Waals surface area contributed by atoms with Gasteiger partial charge in [-0.05, 0) is 49.9 Å². The van der Waals surface area contributed by atoms with E-state index in [2.05, 4.69) is 16.0 Å². The van der Waals surface area contributed by atoms with Gasteiger partial charge in [0.1, 0.15) is 5.75 Å². The SMILES string of the molecule is CCOc1ccc2c(c1)CN(C(=O)CCc1c(C)[nH]c(=O)[nH]c1=O)CC2. The first-order valence-electron chi connectivity index (χ1n) is 8.82. The highest BCUT2D eigenvalue weighted by molar-refractivity contribution is 5.76. The summed E-state index contributed by atoms with van der Waals surface area (Å²) in [4.78, 5) is 42.3. The van der Waals surface area contributed by atoms with Crippen molar-refractivity contribution < 1.29 is 9.53 Å². The molecule has 2 N–H and O–H groups in total. The monoisotopic (exact) mass is 357 g/mol. The number of aromatic nitrogens is 2. The molecule has 0 unspecified atom stereocenters. The molecule has 26 heavy (non-hydrogen) atoms. The normalized spacial score (nSPS) is 13.4. The largest absolute Gasteiger partial charge is 0.494 e. The highest BCUT2D eigenvalue weighted by Crippen LogP contribution is 2.24. The molecule has 0 radical (unpaired) electrons. The molecule has 1 aliphatic heterocycles. The van der Waals surface area contributed by atoms with Crippen molar-refractivity contribution in [1.29, 1.82) is 0 Å². The second kappa shape index (κ2) is 7.59. The molecule has 138 valence electrons. The van der Waals surface area contributed by atoms with Crippen LogP contribution in [0.1, 0.15) is 35.7 Å². The molecule has 7 nitrogen and oxygen atoms in total. The highest BCUT2D eigenvalue weighted by Gasteiger charge is 2.21. The zero-order chi connectivity index (χ0) is 18.7. The number of aryl methyl sites for hydroxylation is 1. The first-order chi connectivity index (χ1) is 12.5. The van der Waals surface area contributed by atoms with E-state index in [9.17, 15) is 14.4 Å². The topological polar surface area (TPSA) is 95.3 Å². The quantitative estimate of drug-likeness (QED) is 0.843. The van der Waals surface area contributed by atoms with Crippen molar-refractivity contribution in [2.45, 2.75) is 39.7 Å². The molecule has 1 aromatic carbocycles. The Labute approximate surface area is 151 Å². The van der Waals surface area contributed by atoms with E-state index in [1.807, 2.05) is 24.0 Å². The number of benzene rings is 1. The van der Waals surface area contributed by atoms with E-state index in [-0.39, 0.29) is 12.3 Å². The number of nitrogens with zero attached hydrogens (tertiary/aromatic N) is 1. The van der Waals surface area contributed by atoms with Crippen LogP contribution in [0.25, 0.3) is 0 Å². The van der Waals surface area contributed by atoms with Crippen molar-refractivity contribution in [1.82, 2.24) is 14.9 Å².